The van der Waals surface area contributed by atoms with E-state index in [2.05, 4.69) is 15.2 Å². The first kappa shape index (κ1) is 7.72. The predicted octanol–water partition coefficient (Wildman–Crippen LogP) is 0.553. The minimum atomic E-state index is 0.486. The number of nitrogens with two attached hydrogens (primary N) is 1. The lowest BCUT2D eigenvalue weighted by Gasteiger charge is -2.07. The predicted molar refractivity (Wildman–Crippen MR) is 48.3 cm³/mol. The Morgan fingerprint density at radius 3 is 2.62 bits per heavy atom. The molecule has 5 nitrogen and oxygen atoms in total. The molecule has 66 valence electrons. The minimum absolute atomic E-state index is 0.486. The quantitative estimate of drug-likeness (QED) is 0.687. The van der Waals surface area contributed by atoms with Crippen molar-refractivity contribution in [2.24, 2.45) is 0 Å². The summed E-state index contributed by atoms with van der Waals surface area (Å²) < 4.78 is 1.75. The van der Waals surface area contributed by atoms with E-state index in [1.165, 1.54) is 0 Å². The van der Waals surface area contributed by atoms with Gasteiger partial charge in [0, 0.05) is 6.20 Å². The summed E-state index contributed by atoms with van der Waals surface area (Å²) in [7, 11) is 0. The largest absolute Gasteiger partial charge is 0.382 e. The third-order valence-corrected chi connectivity index (χ3v) is 1.83. The molecule has 0 radical (unpaired) electrons. The second kappa shape index (κ2) is 2.85. The SMILES string of the molecule is Cc1ccnc(N)c1-n1cnnc1. The first-order valence-corrected chi connectivity index (χ1v) is 3.85. The number of aromatic nitrogens is 4. The Morgan fingerprint density at radius 1 is 1.31 bits per heavy atom. The topological polar surface area (TPSA) is 69.6 Å². The van der Waals surface area contributed by atoms with Crippen LogP contribution in [0, 0.1) is 6.92 Å². The Labute approximate surface area is 75.2 Å². The Balaban J connectivity index is 2.64. The van der Waals surface area contributed by atoms with Crippen molar-refractivity contribution in [2.45, 2.75) is 6.92 Å². The van der Waals surface area contributed by atoms with Crippen LogP contribution in [0.4, 0.5) is 5.82 Å². The number of pyridine rings is 1. The van der Waals surface area contributed by atoms with Crippen molar-refractivity contribution in [3.63, 3.8) is 0 Å². The Bertz CT molecular complexity index is 386. The average molecular weight is 175 g/mol. The highest BCUT2D eigenvalue weighted by atomic mass is 15.2. The van der Waals surface area contributed by atoms with Gasteiger partial charge in [0.05, 0.1) is 5.69 Å². The van der Waals surface area contributed by atoms with Gasteiger partial charge in [-0.3, -0.25) is 4.57 Å². The summed E-state index contributed by atoms with van der Waals surface area (Å²) >= 11 is 0. The van der Waals surface area contributed by atoms with Crippen molar-refractivity contribution < 1.29 is 0 Å². The van der Waals surface area contributed by atoms with Gasteiger partial charge in [0.25, 0.3) is 0 Å². The number of hydrogen-bond acceptors (Lipinski definition) is 4. The number of rotatable bonds is 1. The van der Waals surface area contributed by atoms with Gasteiger partial charge in [-0.15, -0.1) is 10.2 Å². The summed E-state index contributed by atoms with van der Waals surface area (Å²) in [4.78, 5) is 4.00. The normalized spacial score (nSPS) is 10.2. The van der Waals surface area contributed by atoms with Gasteiger partial charge in [-0.05, 0) is 18.6 Å². The third-order valence-electron chi connectivity index (χ3n) is 1.83. The summed E-state index contributed by atoms with van der Waals surface area (Å²) in [6, 6.07) is 1.89. The highest BCUT2D eigenvalue weighted by Gasteiger charge is 2.05. The van der Waals surface area contributed by atoms with Crippen molar-refractivity contribution in [3.8, 4) is 5.69 Å². The van der Waals surface area contributed by atoms with Crippen molar-refractivity contribution in [1.82, 2.24) is 19.7 Å². The van der Waals surface area contributed by atoms with E-state index in [4.69, 9.17) is 5.73 Å². The van der Waals surface area contributed by atoms with E-state index < -0.39 is 0 Å². The molecule has 2 aromatic heterocycles. The van der Waals surface area contributed by atoms with Gasteiger partial charge < -0.3 is 5.73 Å². The molecule has 0 bridgehead atoms. The lowest BCUT2D eigenvalue weighted by molar-refractivity contribution is 1.02. The van der Waals surface area contributed by atoms with Crippen LogP contribution in [0.15, 0.2) is 24.9 Å². The highest BCUT2D eigenvalue weighted by molar-refractivity contribution is 5.56. The molecular formula is C8H9N5. The number of nitrogens with zero attached hydrogens (tertiary/aromatic N) is 4. The molecule has 13 heavy (non-hydrogen) atoms. The van der Waals surface area contributed by atoms with Crippen LogP contribution in [0.1, 0.15) is 5.56 Å². The van der Waals surface area contributed by atoms with E-state index in [-0.39, 0.29) is 0 Å². The Hall–Kier alpha value is -1.91. The van der Waals surface area contributed by atoms with E-state index >= 15 is 0 Å². The molecule has 2 N–H and O–H groups in total. The van der Waals surface area contributed by atoms with Crippen LogP contribution < -0.4 is 5.73 Å². The molecule has 2 heterocycles. The van der Waals surface area contributed by atoms with Gasteiger partial charge in [0.15, 0.2) is 0 Å². The van der Waals surface area contributed by atoms with Crippen molar-refractivity contribution >= 4 is 5.82 Å². The molecule has 0 amide bonds. The molecule has 0 unspecified atom stereocenters. The van der Waals surface area contributed by atoms with Gasteiger partial charge in [0.2, 0.25) is 0 Å². The number of hydrogen-bond donors (Lipinski definition) is 1. The maximum atomic E-state index is 5.73. The zero-order chi connectivity index (χ0) is 9.26. The van der Waals surface area contributed by atoms with Crippen molar-refractivity contribution in [1.29, 1.82) is 0 Å². The van der Waals surface area contributed by atoms with Crippen LogP contribution >= 0.6 is 0 Å². The summed E-state index contributed by atoms with van der Waals surface area (Å²) in [5, 5.41) is 7.42. The van der Waals surface area contributed by atoms with Gasteiger partial charge in [-0.1, -0.05) is 0 Å². The molecule has 2 rings (SSSR count). The van der Waals surface area contributed by atoms with Crippen LogP contribution in [0.5, 0.6) is 0 Å². The Kier molecular flexibility index (Phi) is 1.70. The fraction of sp³-hybridized carbons (Fsp3) is 0.125. The first-order valence-electron chi connectivity index (χ1n) is 3.85. The first-order chi connectivity index (χ1) is 6.29. The molecule has 0 spiro atoms. The lowest BCUT2D eigenvalue weighted by Crippen LogP contribution is -2.02. The maximum Gasteiger partial charge on any atom is 0.148 e. The molecule has 0 aromatic carbocycles. The average Bonchev–Trinajstić information content (AvgIpc) is 2.57. The van der Waals surface area contributed by atoms with Crippen LogP contribution in [0.2, 0.25) is 0 Å². The summed E-state index contributed by atoms with van der Waals surface area (Å²) in [6.07, 6.45) is 4.87. The van der Waals surface area contributed by atoms with E-state index in [1.807, 2.05) is 13.0 Å². The molecule has 0 aliphatic carbocycles. The number of aryl methyl sites for hydroxylation is 1. The fourth-order valence-corrected chi connectivity index (χ4v) is 1.22. The van der Waals surface area contributed by atoms with Crippen LogP contribution in [-0.4, -0.2) is 19.7 Å². The van der Waals surface area contributed by atoms with Crippen molar-refractivity contribution in [3.05, 3.63) is 30.5 Å². The molecule has 0 saturated carbocycles. The molecule has 2 aromatic rings. The number of nitrogen functional groups attached to an aromatic ring is 1. The molecule has 5 heteroatoms. The molecule has 0 atom stereocenters. The molecular weight excluding hydrogens is 166 g/mol. The zero-order valence-corrected chi connectivity index (χ0v) is 7.18. The van der Waals surface area contributed by atoms with Gasteiger partial charge in [0.1, 0.15) is 18.5 Å². The molecule has 0 aliphatic rings. The van der Waals surface area contributed by atoms with Crippen molar-refractivity contribution in [2.75, 3.05) is 5.73 Å². The number of anilines is 1. The smallest absolute Gasteiger partial charge is 0.148 e. The van der Waals surface area contributed by atoms with Crippen LogP contribution in [0.25, 0.3) is 5.69 Å². The van der Waals surface area contributed by atoms with Crippen LogP contribution in [0.3, 0.4) is 0 Å². The van der Waals surface area contributed by atoms with Gasteiger partial charge in [-0.25, -0.2) is 4.98 Å². The molecule has 0 saturated heterocycles. The summed E-state index contributed by atoms with van der Waals surface area (Å²) in [5.41, 5.74) is 7.61. The zero-order valence-electron chi connectivity index (χ0n) is 7.18. The van der Waals surface area contributed by atoms with E-state index in [0.717, 1.165) is 11.3 Å². The van der Waals surface area contributed by atoms with E-state index in [9.17, 15) is 0 Å². The fourth-order valence-electron chi connectivity index (χ4n) is 1.22. The minimum Gasteiger partial charge on any atom is -0.382 e. The Morgan fingerprint density at radius 2 is 2.00 bits per heavy atom. The molecule has 0 aliphatic heterocycles. The van der Waals surface area contributed by atoms with Crippen LogP contribution in [-0.2, 0) is 0 Å². The molecule has 0 fully saturated rings. The van der Waals surface area contributed by atoms with Gasteiger partial charge >= 0.3 is 0 Å². The van der Waals surface area contributed by atoms with Gasteiger partial charge in [-0.2, -0.15) is 0 Å². The standard InChI is InChI=1S/C8H9N5/c1-6-2-3-10-8(9)7(6)13-4-11-12-5-13/h2-5H,1H3,(H2,9,10). The van der Waals surface area contributed by atoms with E-state index in [1.54, 1.807) is 23.4 Å². The third kappa shape index (κ3) is 1.24. The highest BCUT2D eigenvalue weighted by Crippen LogP contribution is 2.17. The van der Waals surface area contributed by atoms with E-state index in [0.29, 0.717) is 5.82 Å². The second-order valence-electron chi connectivity index (χ2n) is 2.73. The second-order valence-corrected chi connectivity index (χ2v) is 2.73. The maximum absolute atomic E-state index is 5.73. The lowest BCUT2D eigenvalue weighted by atomic mass is 10.2. The summed E-state index contributed by atoms with van der Waals surface area (Å²) in [6.45, 7) is 1.97. The monoisotopic (exact) mass is 175 g/mol. The summed E-state index contributed by atoms with van der Waals surface area (Å²) in [5.74, 6) is 0.486.